The molecule has 10 amide bonds. The maximum Gasteiger partial charge on any atom is 0.305 e. The summed E-state index contributed by atoms with van der Waals surface area (Å²) in [4.78, 5) is 142. The summed E-state index contributed by atoms with van der Waals surface area (Å²) in [6.45, 7) is 13.6. The monoisotopic (exact) mass is 963 g/mol. The molecule has 0 aliphatic carbocycles. The Bertz CT molecular complexity index is 1960. The van der Waals surface area contributed by atoms with Crippen molar-refractivity contribution in [1.29, 1.82) is 0 Å². The highest BCUT2D eigenvalue weighted by Crippen LogP contribution is 2.14. The number of aliphatic hydroxyl groups is 1. The lowest BCUT2D eigenvalue weighted by Crippen LogP contribution is -2.62. The highest BCUT2D eigenvalue weighted by atomic mass is 16.4. The van der Waals surface area contributed by atoms with Gasteiger partial charge in [0.05, 0.1) is 12.5 Å². The largest absolute Gasteiger partial charge is 0.508 e. The van der Waals surface area contributed by atoms with Crippen molar-refractivity contribution in [3.8, 4) is 5.75 Å². The fraction of sp³-hybridized carbons (Fsp3) is 0.614. The van der Waals surface area contributed by atoms with E-state index in [1.165, 1.54) is 31.2 Å². The molecule has 0 saturated heterocycles. The van der Waals surface area contributed by atoms with Crippen LogP contribution in [0, 0.1) is 17.8 Å². The number of rotatable bonds is 29. The van der Waals surface area contributed by atoms with Crippen molar-refractivity contribution in [3.63, 3.8) is 0 Å². The number of amides is 10. The number of carboxylic acid groups (broad SMARTS) is 1. The Morgan fingerprint density at radius 1 is 0.588 bits per heavy atom. The second-order valence-corrected chi connectivity index (χ2v) is 17.5. The number of carbonyl (C=O) groups excluding carboxylic acids is 10. The van der Waals surface area contributed by atoms with Crippen LogP contribution in [0.1, 0.15) is 100.0 Å². The fourth-order valence-electron chi connectivity index (χ4n) is 6.57. The summed E-state index contributed by atoms with van der Waals surface area (Å²) in [5.74, 6) is -11.8. The van der Waals surface area contributed by atoms with E-state index in [4.69, 9.17) is 11.5 Å². The first-order chi connectivity index (χ1) is 31.6. The molecule has 0 saturated carbocycles. The van der Waals surface area contributed by atoms with E-state index in [1.807, 2.05) is 0 Å². The van der Waals surface area contributed by atoms with Crippen LogP contribution in [0.15, 0.2) is 24.3 Å². The van der Waals surface area contributed by atoms with Gasteiger partial charge in [0.25, 0.3) is 0 Å². The molecule has 24 nitrogen and oxygen atoms in total. The topological polar surface area (TPSA) is 397 Å². The predicted molar refractivity (Wildman–Crippen MR) is 244 cm³/mol. The Morgan fingerprint density at radius 3 is 1.56 bits per heavy atom. The summed E-state index contributed by atoms with van der Waals surface area (Å²) in [6.07, 6.45) is -2.80. The van der Waals surface area contributed by atoms with Crippen molar-refractivity contribution >= 4 is 65.0 Å². The number of benzene rings is 1. The number of carbonyl (C=O) groups is 11. The molecule has 0 fully saturated rings. The van der Waals surface area contributed by atoms with Crippen molar-refractivity contribution in [2.24, 2.45) is 29.2 Å². The van der Waals surface area contributed by atoms with Crippen LogP contribution in [0.25, 0.3) is 0 Å². The molecule has 10 atom stereocenters. The number of nitrogens with one attached hydrogen (secondary N) is 8. The van der Waals surface area contributed by atoms with Crippen LogP contribution in [0.2, 0.25) is 0 Å². The van der Waals surface area contributed by atoms with E-state index in [0.717, 1.165) is 13.8 Å². The zero-order valence-corrected chi connectivity index (χ0v) is 40.0. The van der Waals surface area contributed by atoms with Crippen molar-refractivity contribution in [3.05, 3.63) is 29.8 Å². The van der Waals surface area contributed by atoms with Crippen LogP contribution in [0.5, 0.6) is 5.75 Å². The van der Waals surface area contributed by atoms with Gasteiger partial charge in [0.2, 0.25) is 59.1 Å². The minimum absolute atomic E-state index is 0.0489. The second-order valence-electron chi connectivity index (χ2n) is 17.5. The molecular formula is C44H70N10O14. The summed E-state index contributed by atoms with van der Waals surface area (Å²) < 4.78 is 0. The smallest absolute Gasteiger partial charge is 0.305 e. The standard InChI is InChI=1S/C44H70N10O14/c1-10-22(6)35(43(67)49-28(37(46)61)15-16-32(45)58)53-38(62)23(7)47-42(66)34(21(4)5)52-40(64)29(17-20(2)3)50-39(63)31(19-33(59)60)51-44(68)36(24(8)55)54-41(65)30(48-25(9)56)18-26-11-13-27(57)14-12-26/h11-14,20-24,28-31,34-36,55,57H,10,15-19H2,1-9H3,(H2,45,58)(H2,46,61)(H,47,66)(H,48,56)(H,49,67)(H,50,63)(H,51,68)(H,52,64)(H,53,62)(H,54,65)(H,59,60)/t22-,23-,24+,28-,29-,30-,31-,34-,35-,36-/m0/s1. The molecule has 68 heavy (non-hydrogen) atoms. The van der Waals surface area contributed by atoms with Gasteiger partial charge in [-0.05, 0) is 62.1 Å². The quantitative estimate of drug-likeness (QED) is 0.0386. The van der Waals surface area contributed by atoms with Gasteiger partial charge in [-0.25, -0.2) is 0 Å². The zero-order chi connectivity index (χ0) is 52.2. The number of aromatic hydroxyl groups is 1. The highest BCUT2D eigenvalue weighted by Gasteiger charge is 2.37. The summed E-state index contributed by atoms with van der Waals surface area (Å²) in [5.41, 5.74) is 11.1. The van der Waals surface area contributed by atoms with Crippen LogP contribution in [-0.4, -0.2) is 135 Å². The lowest BCUT2D eigenvalue weighted by atomic mass is 9.97. The third-order valence-electron chi connectivity index (χ3n) is 10.6. The Morgan fingerprint density at radius 2 is 1.07 bits per heavy atom. The average molecular weight is 963 g/mol. The molecule has 0 aliphatic heterocycles. The van der Waals surface area contributed by atoms with Crippen molar-refractivity contribution in [2.75, 3.05) is 0 Å². The molecule has 0 radical (unpaired) electrons. The van der Waals surface area contributed by atoms with E-state index >= 15 is 0 Å². The Balaban J connectivity index is 3.26. The first-order valence-electron chi connectivity index (χ1n) is 22.2. The van der Waals surface area contributed by atoms with Crippen molar-refractivity contribution < 1.29 is 68.1 Å². The molecule has 24 heteroatoms. The zero-order valence-electron chi connectivity index (χ0n) is 40.0. The SMILES string of the molecule is CC[C@H](C)[C@H](NC(=O)[C@H](C)NC(=O)[C@@H](NC(=O)[C@H](CC(C)C)NC(=O)[C@H](CC(=O)O)NC(=O)[C@@H](NC(=O)[C@H](Cc1ccc(O)cc1)NC(C)=O)[C@@H](C)O)C(C)C)C(=O)N[C@@H](CCC(N)=O)C(N)=O. The molecule has 0 aromatic heterocycles. The third kappa shape index (κ3) is 20.8. The molecule has 15 N–H and O–H groups in total. The summed E-state index contributed by atoms with van der Waals surface area (Å²) in [7, 11) is 0. The maximum atomic E-state index is 13.9. The van der Waals surface area contributed by atoms with Crippen LogP contribution in [0.3, 0.4) is 0 Å². The van der Waals surface area contributed by atoms with E-state index in [9.17, 15) is 68.1 Å². The number of aliphatic hydroxyl groups excluding tert-OH is 1. The number of nitrogens with two attached hydrogens (primary N) is 2. The van der Waals surface area contributed by atoms with Crippen LogP contribution >= 0.6 is 0 Å². The summed E-state index contributed by atoms with van der Waals surface area (Å²) in [6, 6.07) is -5.71. The Labute approximate surface area is 395 Å². The first-order valence-corrected chi connectivity index (χ1v) is 22.2. The van der Waals surface area contributed by atoms with E-state index in [-0.39, 0.29) is 37.4 Å². The Kier molecular flexibility index (Phi) is 24.7. The number of phenols is 1. The first kappa shape index (κ1) is 59.2. The number of hydrogen-bond acceptors (Lipinski definition) is 13. The Hall–Kier alpha value is -6.85. The molecule has 0 heterocycles. The minimum Gasteiger partial charge on any atom is -0.508 e. The molecule has 0 spiro atoms. The molecule has 0 unspecified atom stereocenters. The third-order valence-corrected chi connectivity index (χ3v) is 10.6. The lowest BCUT2D eigenvalue weighted by molar-refractivity contribution is -0.142. The van der Waals surface area contributed by atoms with Gasteiger partial charge in [-0.1, -0.05) is 60.1 Å². The molecular weight excluding hydrogens is 893 g/mol. The minimum atomic E-state index is -1.87. The molecule has 1 rings (SSSR count). The molecule has 0 aliphatic rings. The van der Waals surface area contributed by atoms with E-state index in [2.05, 4.69) is 42.5 Å². The number of aliphatic carboxylic acids is 1. The van der Waals surface area contributed by atoms with Gasteiger partial charge in [0.1, 0.15) is 54.1 Å². The molecule has 1 aromatic carbocycles. The van der Waals surface area contributed by atoms with E-state index < -0.39 is 138 Å². The second kappa shape index (κ2) is 28.4. The number of primary amides is 2. The van der Waals surface area contributed by atoms with Gasteiger partial charge in [-0.2, -0.15) is 0 Å². The van der Waals surface area contributed by atoms with Crippen molar-refractivity contribution in [2.45, 2.75) is 155 Å². The number of carboxylic acids is 1. The fourth-order valence-corrected chi connectivity index (χ4v) is 6.57. The van der Waals surface area contributed by atoms with E-state index in [1.54, 1.807) is 41.5 Å². The van der Waals surface area contributed by atoms with Crippen LogP contribution in [0.4, 0.5) is 0 Å². The molecule has 380 valence electrons. The summed E-state index contributed by atoms with van der Waals surface area (Å²) >= 11 is 0. The van der Waals surface area contributed by atoms with Gasteiger partial charge in [0, 0.05) is 19.8 Å². The van der Waals surface area contributed by atoms with E-state index in [0.29, 0.717) is 12.0 Å². The van der Waals surface area contributed by atoms with Gasteiger partial charge in [0.15, 0.2) is 0 Å². The normalized spacial score (nSPS) is 15.5. The van der Waals surface area contributed by atoms with Gasteiger partial charge >= 0.3 is 5.97 Å². The lowest BCUT2D eigenvalue weighted by Gasteiger charge is -2.29. The van der Waals surface area contributed by atoms with Crippen molar-refractivity contribution in [1.82, 2.24) is 42.5 Å². The van der Waals surface area contributed by atoms with Gasteiger partial charge in [-0.3, -0.25) is 52.7 Å². The van der Waals surface area contributed by atoms with Gasteiger partial charge in [-0.15, -0.1) is 0 Å². The average Bonchev–Trinajstić information content (AvgIpc) is 3.23. The molecule has 1 aromatic rings. The number of phenolic OH excluding ortho intramolecular Hbond substituents is 1. The van der Waals surface area contributed by atoms with Crippen LogP contribution in [-0.2, 0) is 59.2 Å². The summed E-state index contributed by atoms with van der Waals surface area (Å²) in [5, 5.41) is 49.3. The maximum absolute atomic E-state index is 13.9. The predicted octanol–water partition coefficient (Wildman–Crippen LogP) is -2.79. The highest BCUT2D eigenvalue weighted by molar-refractivity contribution is 5.99. The number of hydrogen-bond donors (Lipinski definition) is 13. The van der Waals surface area contributed by atoms with Crippen LogP contribution < -0.4 is 54.0 Å². The van der Waals surface area contributed by atoms with Gasteiger partial charge < -0.3 is 69.3 Å². The molecule has 0 bridgehead atoms.